The number of para-hydroxylation sites is 1. The predicted molar refractivity (Wildman–Crippen MR) is 146 cm³/mol. The molecular formula is C28H19Br2F7N2O3. The summed E-state index contributed by atoms with van der Waals surface area (Å²) in [5, 5.41) is 9.00. The van der Waals surface area contributed by atoms with E-state index in [0.717, 1.165) is 0 Å². The van der Waals surface area contributed by atoms with E-state index >= 15 is 0 Å². The second-order valence-electron chi connectivity index (χ2n) is 8.77. The minimum Gasteiger partial charge on any atom is -0.494 e. The zero-order valence-electron chi connectivity index (χ0n) is 21.6. The van der Waals surface area contributed by atoms with Crippen molar-refractivity contribution < 1.29 is 45.1 Å². The molecule has 0 saturated heterocycles. The first kappa shape index (κ1) is 33.1. The smallest absolute Gasteiger partial charge is 0.435 e. The number of ketones is 1. The van der Waals surface area contributed by atoms with Gasteiger partial charge in [0, 0.05) is 33.0 Å². The highest BCUT2D eigenvalue weighted by atomic mass is 79.9. The summed E-state index contributed by atoms with van der Waals surface area (Å²) in [7, 11) is 1.26. The summed E-state index contributed by atoms with van der Waals surface area (Å²) in [4.78, 5) is 28.0. The lowest BCUT2D eigenvalue weighted by Gasteiger charge is -2.31. The van der Waals surface area contributed by atoms with Gasteiger partial charge in [0.2, 0.25) is 0 Å². The summed E-state index contributed by atoms with van der Waals surface area (Å²) in [6, 6.07) is 12.8. The Bertz CT molecular complexity index is 1510. The number of carbonyl (C=O) groups excluding carboxylic acids is 2. The monoisotopic (exact) mass is 722 g/mol. The average Bonchev–Trinajstić information content (AvgIpc) is 2.93. The van der Waals surface area contributed by atoms with Crippen LogP contribution in [0.4, 0.5) is 36.4 Å². The third kappa shape index (κ3) is 6.17. The van der Waals surface area contributed by atoms with E-state index in [0.29, 0.717) is 17.7 Å². The fraction of sp³-hybridized carbons (Fsp3) is 0.250. The zero-order valence-corrected chi connectivity index (χ0v) is 24.8. The summed E-state index contributed by atoms with van der Waals surface area (Å²) < 4.78 is 98.9. The predicted octanol–water partition coefficient (Wildman–Crippen LogP) is 8.47. The maximum Gasteiger partial charge on any atom is 0.435 e. The first-order valence-corrected chi connectivity index (χ1v) is 13.4. The standard InChI is InChI=1S/C28H19Br2F7N2O3/c1-3-39(25(41)16-9-7-15(14-38)8-10-16)22-6-4-5-18(24(22)42-2)23(40)13-19-20(29)11-17(12-21(19)30)26(31,27(32,33)34)28(35,36)37/h4-12H,3,13H2,1-2H3. The largest absolute Gasteiger partial charge is 0.494 e. The molecule has 0 heterocycles. The number of nitrogens with zero attached hydrogens (tertiary/aromatic N) is 2. The lowest BCUT2D eigenvalue weighted by atomic mass is 9.92. The quantitative estimate of drug-likeness (QED) is 0.173. The van der Waals surface area contributed by atoms with Crippen molar-refractivity contribution >= 4 is 49.2 Å². The molecule has 0 N–H and O–H groups in total. The van der Waals surface area contributed by atoms with Crippen molar-refractivity contribution in [2.75, 3.05) is 18.6 Å². The Kier molecular flexibility index (Phi) is 9.78. The topological polar surface area (TPSA) is 70.4 Å². The Morgan fingerprint density at radius 2 is 1.48 bits per heavy atom. The van der Waals surface area contributed by atoms with Crippen LogP contribution in [0.1, 0.15) is 44.3 Å². The van der Waals surface area contributed by atoms with E-state index in [1.54, 1.807) is 6.92 Å². The van der Waals surface area contributed by atoms with Gasteiger partial charge in [-0.25, -0.2) is 4.39 Å². The normalized spacial score (nSPS) is 12.0. The number of hydrogen-bond acceptors (Lipinski definition) is 4. The van der Waals surface area contributed by atoms with Gasteiger partial charge in [-0.3, -0.25) is 9.59 Å². The molecule has 3 aromatic carbocycles. The molecule has 222 valence electrons. The number of methoxy groups -OCH3 is 1. The summed E-state index contributed by atoms with van der Waals surface area (Å²) >= 11 is 5.75. The van der Waals surface area contributed by atoms with Gasteiger partial charge in [0.1, 0.15) is 0 Å². The fourth-order valence-corrected chi connectivity index (χ4v) is 5.62. The van der Waals surface area contributed by atoms with Crippen molar-refractivity contribution in [1.29, 1.82) is 5.26 Å². The third-order valence-electron chi connectivity index (χ3n) is 6.27. The lowest BCUT2D eigenvalue weighted by Crippen LogP contribution is -2.50. The van der Waals surface area contributed by atoms with E-state index < -0.39 is 41.7 Å². The van der Waals surface area contributed by atoms with Crippen molar-refractivity contribution in [3.05, 3.63) is 91.4 Å². The summed E-state index contributed by atoms with van der Waals surface area (Å²) in [5.74, 6) is -1.13. The van der Waals surface area contributed by atoms with E-state index in [4.69, 9.17) is 10.00 Å². The van der Waals surface area contributed by atoms with Gasteiger partial charge in [-0.15, -0.1) is 0 Å². The van der Waals surface area contributed by atoms with Gasteiger partial charge < -0.3 is 9.64 Å². The molecule has 0 bridgehead atoms. The van der Waals surface area contributed by atoms with Gasteiger partial charge in [-0.1, -0.05) is 37.9 Å². The van der Waals surface area contributed by atoms with Crippen LogP contribution in [0.5, 0.6) is 5.75 Å². The van der Waals surface area contributed by atoms with Crippen molar-refractivity contribution in [1.82, 2.24) is 0 Å². The van der Waals surface area contributed by atoms with E-state index in [9.17, 15) is 40.3 Å². The highest BCUT2D eigenvalue weighted by Gasteiger charge is 2.73. The first-order valence-electron chi connectivity index (χ1n) is 11.8. The molecule has 0 radical (unpaired) electrons. The van der Waals surface area contributed by atoms with E-state index in [2.05, 4.69) is 31.9 Å². The number of hydrogen-bond donors (Lipinski definition) is 0. The van der Waals surface area contributed by atoms with Crippen LogP contribution in [0, 0.1) is 11.3 Å². The van der Waals surface area contributed by atoms with E-state index in [-0.39, 0.29) is 43.6 Å². The molecule has 0 aliphatic rings. The highest BCUT2D eigenvalue weighted by Crippen LogP contribution is 2.54. The zero-order chi connectivity index (χ0) is 31.6. The van der Waals surface area contributed by atoms with Crippen LogP contribution in [-0.4, -0.2) is 37.7 Å². The minimum absolute atomic E-state index is 0.00729. The Labute approximate surface area is 252 Å². The van der Waals surface area contributed by atoms with Crippen LogP contribution in [-0.2, 0) is 12.1 Å². The first-order chi connectivity index (χ1) is 19.5. The molecular weight excluding hydrogens is 705 g/mol. The molecule has 0 saturated carbocycles. The molecule has 14 heteroatoms. The number of anilines is 1. The molecule has 0 aliphatic heterocycles. The van der Waals surface area contributed by atoms with Crippen LogP contribution < -0.4 is 9.64 Å². The average molecular weight is 724 g/mol. The Hall–Kier alpha value is -3.44. The molecule has 3 aromatic rings. The maximum absolute atomic E-state index is 14.6. The van der Waals surface area contributed by atoms with Gasteiger partial charge in [0.25, 0.3) is 5.91 Å². The minimum atomic E-state index is -6.31. The van der Waals surface area contributed by atoms with Crippen molar-refractivity contribution in [3.8, 4) is 11.8 Å². The van der Waals surface area contributed by atoms with Crippen LogP contribution in [0.25, 0.3) is 0 Å². The number of carbonyl (C=O) groups is 2. The molecule has 42 heavy (non-hydrogen) atoms. The number of Topliss-reactive ketones (excluding diaryl/α,β-unsaturated/α-hetero) is 1. The maximum atomic E-state index is 14.6. The Morgan fingerprint density at radius 3 is 1.93 bits per heavy atom. The lowest BCUT2D eigenvalue weighted by molar-refractivity contribution is -0.348. The molecule has 1 amide bonds. The van der Waals surface area contributed by atoms with Crippen LogP contribution >= 0.6 is 31.9 Å². The van der Waals surface area contributed by atoms with Crippen molar-refractivity contribution in [2.45, 2.75) is 31.4 Å². The van der Waals surface area contributed by atoms with Crippen molar-refractivity contribution in [2.24, 2.45) is 0 Å². The van der Waals surface area contributed by atoms with Gasteiger partial charge in [-0.2, -0.15) is 31.6 Å². The molecule has 3 rings (SSSR count). The van der Waals surface area contributed by atoms with Gasteiger partial charge >= 0.3 is 18.0 Å². The molecule has 0 aromatic heterocycles. The number of amides is 1. The van der Waals surface area contributed by atoms with Crippen LogP contribution in [0.2, 0.25) is 0 Å². The third-order valence-corrected chi connectivity index (χ3v) is 7.68. The van der Waals surface area contributed by atoms with Gasteiger partial charge in [0.15, 0.2) is 11.5 Å². The molecule has 0 spiro atoms. The molecule has 0 aliphatic carbocycles. The summed E-state index contributed by atoms with van der Waals surface area (Å²) in [5.41, 5.74) is -6.65. The van der Waals surface area contributed by atoms with Crippen LogP contribution in [0.3, 0.4) is 0 Å². The number of rotatable bonds is 8. The van der Waals surface area contributed by atoms with Gasteiger partial charge in [0.05, 0.1) is 30.0 Å². The van der Waals surface area contributed by atoms with Crippen LogP contribution in [0.15, 0.2) is 63.5 Å². The molecule has 0 unspecified atom stereocenters. The Balaban J connectivity index is 2.01. The second kappa shape index (κ2) is 12.4. The number of ether oxygens (including phenoxy) is 1. The number of halogens is 9. The van der Waals surface area contributed by atoms with Crippen molar-refractivity contribution in [3.63, 3.8) is 0 Å². The second-order valence-corrected chi connectivity index (χ2v) is 10.5. The SMILES string of the molecule is CCN(C(=O)c1ccc(C#N)cc1)c1cccc(C(=O)Cc2c(Br)cc(C(F)(C(F)(F)F)C(F)(F)F)cc2Br)c1OC. The van der Waals surface area contributed by atoms with E-state index in [1.807, 2.05) is 6.07 Å². The highest BCUT2D eigenvalue weighted by molar-refractivity contribution is 9.11. The number of alkyl halides is 7. The summed E-state index contributed by atoms with van der Waals surface area (Å²) in [6.45, 7) is 1.83. The number of nitriles is 1. The molecule has 0 fully saturated rings. The summed E-state index contributed by atoms with van der Waals surface area (Å²) in [6.07, 6.45) is -13.2. The number of benzene rings is 3. The Morgan fingerprint density at radius 1 is 0.929 bits per heavy atom. The molecule has 0 atom stereocenters. The molecule has 5 nitrogen and oxygen atoms in total. The van der Waals surface area contributed by atoms with E-state index in [1.165, 1.54) is 54.5 Å². The fourth-order valence-electron chi connectivity index (χ4n) is 4.15. The van der Waals surface area contributed by atoms with Gasteiger partial charge in [-0.05, 0) is 61.0 Å².